The maximum absolute atomic E-state index is 13.4. The van der Waals surface area contributed by atoms with Crippen molar-refractivity contribution < 1.29 is 27.2 Å². The fraction of sp³-hybridized carbons (Fsp3) is 0.375. The Labute approximate surface area is 163 Å². The molecule has 0 atom stereocenters. The highest BCUT2D eigenvalue weighted by atomic mass is 35.5. The SMILES string of the molecule is CON=C(C)N(C)Cc1c(C(F)(F)F)ccc(C(=O)Nc2nnc(C)o2)c1Cl. The quantitative estimate of drug-likeness (QED) is 0.451. The number of carbonyl (C=O) groups is 1. The molecular weight excluding hydrogens is 403 g/mol. The zero-order valence-electron chi connectivity index (χ0n) is 15.4. The highest BCUT2D eigenvalue weighted by molar-refractivity contribution is 6.35. The number of carbonyl (C=O) groups excluding carboxylic acids is 1. The first-order valence-corrected chi connectivity index (χ1v) is 8.21. The molecule has 0 unspecified atom stereocenters. The molecule has 0 saturated carbocycles. The van der Waals surface area contributed by atoms with Crippen LogP contribution in [0.5, 0.6) is 0 Å². The lowest BCUT2D eigenvalue weighted by Gasteiger charge is -2.22. The van der Waals surface area contributed by atoms with Crippen LogP contribution in [0.4, 0.5) is 19.2 Å². The summed E-state index contributed by atoms with van der Waals surface area (Å²) < 4.78 is 45.4. The number of amides is 1. The first-order chi connectivity index (χ1) is 13.0. The average Bonchev–Trinajstić information content (AvgIpc) is 3.00. The second kappa shape index (κ2) is 8.46. The van der Waals surface area contributed by atoms with Gasteiger partial charge in [0.2, 0.25) is 5.89 Å². The van der Waals surface area contributed by atoms with Gasteiger partial charge in [-0.3, -0.25) is 10.1 Å². The van der Waals surface area contributed by atoms with Crippen molar-refractivity contribution in [2.24, 2.45) is 5.16 Å². The number of anilines is 1. The molecule has 1 heterocycles. The van der Waals surface area contributed by atoms with Crippen molar-refractivity contribution in [1.29, 1.82) is 0 Å². The maximum atomic E-state index is 13.4. The minimum atomic E-state index is -4.66. The number of halogens is 4. The number of aromatic nitrogens is 2. The first-order valence-electron chi connectivity index (χ1n) is 7.83. The summed E-state index contributed by atoms with van der Waals surface area (Å²) in [6.45, 7) is 2.82. The van der Waals surface area contributed by atoms with E-state index in [2.05, 4.69) is 25.5 Å². The number of oxime groups is 1. The summed E-state index contributed by atoms with van der Waals surface area (Å²) in [6, 6.07) is 1.59. The van der Waals surface area contributed by atoms with E-state index in [1.807, 2.05) is 0 Å². The van der Waals surface area contributed by atoms with Gasteiger partial charge in [-0.1, -0.05) is 21.9 Å². The monoisotopic (exact) mass is 419 g/mol. The van der Waals surface area contributed by atoms with E-state index in [1.54, 1.807) is 6.92 Å². The number of nitrogens with one attached hydrogen (secondary N) is 1. The number of benzene rings is 1. The standard InChI is InChI=1S/C16H17ClF3N5O3/c1-8(24-27-4)25(3)7-11-12(16(18,19)20)6-5-10(13(11)17)14(26)21-15-23-22-9(2)28-15/h5-6H,7H2,1-4H3,(H,21,23,26). The summed E-state index contributed by atoms with van der Waals surface area (Å²) in [4.78, 5) is 18.4. The summed E-state index contributed by atoms with van der Waals surface area (Å²) in [6.07, 6.45) is -4.66. The molecule has 12 heteroatoms. The van der Waals surface area contributed by atoms with Gasteiger partial charge in [0.1, 0.15) is 12.9 Å². The van der Waals surface area contributed by atoms with Crippen LogP contribution in [0.25, 0.3) is 0 Å². The van der Waals surface area contributed by atoms with E-state index >= 15 is 0 Å². The average molecular weight is 420 g/mol. The van der Waals surface area contributed by atoms with Crippen LogP contribution in [0.15, 0.2) is 21.7 Å². The van der Waals surface area contributed by atoms with Crippen LogP contribution in [-0.4, -0.2) is 41.0 Å². The molecule has 28 heavy (non-hydrogen) atoms. The fourth-order valence-corrected chi connectivity index (χ4v) is 2.59. The zero-order valence-corrected chi connectivity index (χ0v) is 16.1. The minimum absolute atomic E-state index is 0.171. The second-order valence-electron chi connectivity index (χ2n) is 5.71. The molecule has 2 rings (SSSR count). The molecule has 0 aliphatic rings. The van der Waals surface area contributed by atoms with Gasteiger partial charge in [0.15, 0.2) is 0 Å². The van der Waals surface area contributed by atoms with Crippen molar-refractivity contribution in [2.75, 3.05) is 19.5 Å². The molecule has 0 bridgehead atoms. The molecule has 0 spiro atoms. The third-order valence-electron chi connectivity index (χ3n) is 3.71. The Morgan fingerprint density at radius 2 is 2.07 bits per heavy atom. The van der Waals surface area contributed by atoms with E-state index in [0.29, 0.717) is 5.84 Å². The lowest BCUT2D eigenvalue weighted by atomic mass is 10.0. The fourth-order valence-electron chi connectivity index (χ4n) is 2.28. The molecule has 0 radical (unpaired) electrons. The van der Waals surface area contributed by atoms with E-state index in [1.165, 1.54) is 26.0 Å². The van der Waals surface area contributed by atoms with Gasteiger partial charge < -0.3 is 14.2 Å². The van der Waals surface area contributed by atoms with E-state index in [0.717, 1.165) is 12.1 Å². The van der Waals surface area contributed by atoms with Crippen molar-refractivity contribution in [3.05, 3.63) is 39.7 Å². The highest BCUT2D eigenvalue weighted by Gasteiger charge is 2.36. The maximum Gasteiger partial charge on any atom is 0.416 e. The Kier molecular flexibility index (Phi) is 6.49. The molecule has 0 fully saturated rings. The van der Waals surface area contributed by atoms with Gasteiger partial charge in [0, 0.05) is 26.1 Å². The van der Waals surface area contributed by atoms with Crippen molar-refractivity contribution in [3.8, 4) is 0 Å². The number of amidine groups is 1. The van der Waals surface area contributed by atoms with Crippen LogP contribution >= 0.6 is 11.6 Å². The second-order valence-corrected chi connectivity index (χ2v) is 6.09. The van der Waals surface area contributed by atoms with Crippen molar-refractivity contribution in [1.82, 2.24) is 15.1 Å². The molecule has 1 N–H and O–H groups in total. The van der Waals surface area contributed by atoms with Gasteiger partial charge in [-0.2, -0.15) is 13.2 Å². The Morgan fingerprint density at radius 3 is 2.61 bits per heavy atom. The summed E-state index contributed by atoms with van der Waals surface area (Å²) in [5, 5.41) is 12.8. The summed E-state index contributed by atoms with van der Waals surface area (Å²) in [5.74, 6) is -0.250. The number of hydrogen-bond acceptors (Lipinski definition) is 6. The smallest absolute Gasteiger partial charge is 0.408 e. The number of rotatable bonds is 5. The van der Waals surface area contributed by atoms with Gasteiger partial charge in [0.05, 0.1) is 16.1 Å². The predicted molar refractivity (Wildman–Crippen MR) is 95.0 cm³/mol. The third-order valence-corrected chi connectivity index (χ3v) is 4.14. The third kappa shape index (κ3) is 4.91. The van der Waals surface area contributed by atoms with Gasteiger partial charge in [0.25, 0.3) is 5.91 Å². The lowest BCUT2D eigenvalue weighted by Crippen LogP contribution is -2.26. The summed E-state index contributed by atoms with van der Waals surface area (Å²) in [5.41, 5.74) is -1.41. The molecular formula is C16H17ClF3N5O3. The molecule has 0 aliphatic carbocycles. The molecule has 2 aromatic rings. The highest BCUT2D eigenvalue weighted by Crippen LogP contribution is 2.37. The van der Waals surface area contributed by atoms with Gasteiger partial charge >= 0.3 is 12.2 Å². The lowest BCUT2D eigenvalue weighted by molar-refractivity contribution is -0.138. The Morgan fingerprint density at radius 1 is 1.39 bits per heavy atom. The molecule has 1 aromatic heterocycles. The number of alkyl halides is 3. The van der Waals surface area contributed by atoms with Crippen LogP contribution in [0.2, 0.25) is 5.02 Å². The Bertz CT molecular complexity index is 898. The van der Waals surface area contributed by atoms with Crippen LogP contribution in [0, 0.1) is 6.92 Å². The Hall–Kier alpha value is -2.82. The van der Waals surface area contributed by atoms with Crippen molar-refractivity contribution in [2.45, 2.75) is 26.6 Å². The van der Waals surface area contributed by atoms with Crippen molar-refractivity contribution >= 4 is 29.4 Å². The number of nitrogens with zero attached hydrogens (tertiary/aromatic N) is 4. The Balaban J connectivity index is 2.44. The minimum Gasteiger partial charge on any atom is -0.408 e. The van der Waals surface area contributed by atoms with Gasteiger partial charge in [-0.05, 0) is 19.1 Å². The molecule has 0 aliphatic heterocycles. The number of aryl methyl sites for hydroxylation is 1. The first kappa shape index (κ1) is 21.5. The zero-order chi connectivity index (χ0) is 21.1. The topological polar surface area (TPSA) is 92.8 Å². The van der Waals surface area contributed by atoms with Crippen LogP contribution in [0.1, 0.15) is 34.3 Å². The molecule has 1 aromatic carbocycles. The molecule has 1 amide bonds. The number of hydrogen-bond donors (Lipinski definition) is 1. The molecule has 8 nitrogen and oxygen atoms in total. The molecule has 152 valence electrons. The summed E-state index contributed by atoms with van der Waals surface area (Å²) >= 11 is 6.19. The van der Waals surface area contributed by atoms with E-state index in [4.69, 9.17) is 16.0 Å². The van der Waals surface area contributed by atoms with Gasteiger partial charge in [-0.15, -0.1) is 5.10 Å². The van der Waals surface area contributed by atoms with E-state index in [-0.39, 0.29) is 34.6 Å². The van der Waals surface area contributed by atoms with Gasteiger partial charge in [-0.25, -0.2) is 0 Å². The van der Waals surface area contributed by atoms with Crippen LogP contribution in [-0.2, 0) is 17.6 Å². The normalized spacial score (nSPS) is 12.1. The van der Waals surface area contributed by atoms with E-state index < -0.39 is 17.6 Å². The van der Waals surface area contributed by atoms with E-state index in [9.17, 15) is 18.0 Å². The summed E-state index contributed by atoms with van der Waals surface area (Å²) in [7, 11) is 2.83. The molecule has 0 saturated heterocycles. The predicted octanol–water partition coefficient (Wildman–Crippen LogP) is 3.71. The van der Waals surface area contributed by atoms with Crippen LogP contribution < -0.4 is 5.32 Å². The van der Waals surface area contributed by atoms with Crippen molar-refractivity contribution in [3.63, 3.8) is 0 Å². The van der Waals surface area contributed by atoms with Crippen LogP contribution in [0.3, 0.4) is 0 Å². The largest absolute Gasteiger partial charge is 0.416 e.